The summed E-state index contributed by atoms with van der Waals surface area (Å²) in [5.41, 5.74) is 1.27. The van der Waals surface area contributed by atoms with Crippen LogP contribution in [-0.2, 0) is 13.0 Å². The van der Waals surface area contributed by atoms with Crippen molar-refractivity contribution in [2.24, 2.45) is 0 Å². The summed E-state index contributed by atoms with van der Waals surface area (Å²) in [5, 5.41) is 10.1. The van der Waals surface area contributed by atoms with Crippen LogP contribution in [0.3, 0.4) is 0 Å². The molecule has 0 radical (unpaired) electrons. The summed E-state index contributed by atoms with van der Waals surface area (Å²) >= 11 is 0. The van der Waals surface area contributed by atoms with Gasteiger partial charge in [0.1, 0.15) is 17.9 Å². The number of H-pyrrole nitrogens is 1. The molecule has 0 spiro atoms. The van der Waals surface area contributed by atoms with E-state index in [0.29, 0.717) is 6.61 Å². The lowest BCUT2D eigenvalue weighted by atomic mass is 10.2. The van der Waals surface area contributed by atoms with Gasteiger partial charge in [0.2, 0.25) is 0 Å². The summed E-state index contributed by atoms with van der Waals surface area (Å²) in [6.07, 6.45) is 3.52. The fourth-order valence-electron chi connectivity index (χ4n) is 1.84. The van der Waals surface area contributed by atoms with E-state index in [1.165, 1.54) is 5.56 Å². The molecule has 0 unspecified atom stereocenters. The second-order valence-electron chi connectivity index (χ2n) is 4.29. The standard InChI is InChI=1S/C14H20N4O/c1-2-19-13-7-5-12(6-8-13)10-15-9-3-4-14-16-11-17-18-14/h5-8,11,15H,2-4,9-10H2,1H3,(H,16,17,18). The van der Waals surface area contributed by atoms with E-state index in [-0.39, 0.29) is 0 Å². The van der Waals surface area contributed by atoms with Gasteiger partial charge in [-0.15, -0.1) is 0 Å². The maximum absolute atomic E-state index is 5.41. The maximum Gasteiger partial charge on any atom is 0.137 e. The van der Waals surface area contributed by atoms with Gasteiger partial charge in [-0.05, 0) is 37.6 Å². The van der Waals surface area contributed by atoms with Gasteiger partial charge in [0.05, 0.1) is 6.61 Å². The SMILES string of the molecule is CCOc1ccc(CNCCCc2ncn[nH]2)cc1. The average Bonchev–Trinajstić information content (AvgIpc) is 2.94. The molecule has 1 heterocycles. The summed E-state index contributed by atoms with van der Waals surface area (Å²) in [6.45, 7) is 4.54. The number of aryl methyl sites for hydroxylation is 1. The number of aromatic amines is 1. The smallest absolute Gasteiger partial charge is 0.137 e. The third-order valence-corrected chi connectivity index (χ3v) is 2.80. The molecule has 102 valence electrons. The Morgan fingerprint density at radius 2 is 2.11 bits per heavy atom. The highest BCUT2D eigenvalue weighted by molar-refractivity contribution is 5.27. The van der Waals surface area contributed by atoms with Crippen molar-refractivity contribution in [2.45, 2.75) is 26.3 Å². The molecule has 0 atom stereocenters. The van der Waals surface area contributed by atoms with Crippen molar-refractivity contribution in [1.82, 2.24) is 20.5 Å². The Labute approximate surface area is 113 Å². The minimum Gasteiger partial charge on any atom is -0.494 e. The molecule has 2 rings (SSSR count). The van der Waals surface area contributed by atoms with E-state index < -0.39 is 0 Å². The minimum atomic E-state index is 0.708. The van der Waals surface area contributed by atoms with Gasteiger partial charge in [0, 0.05) is 13.0 Å². The van der Waals surface area contributed by atoms with E-state index >= 15 is 0 Å². The fourth-order valence-corrected chi connectivity index (χ4v) is 1.84. The van der Waals surface area contributed by atoms with Crippen molar-refractivity contribution in [1.29, 1.82) is 0 Å². The number of aromatic nitrogens is 3. The molecule has 19 heavy (non-hydrogen) atoms. The molecule has 5 nitrogen and oxygen atoms in total. The van der Waals surface area contributed by atoms with Gasteiger partial charge in [-0.2, -0.15) is 5.10 Å². The van der Waals surface area contributed by atoms with Gasteiger partial charge in [0.15, 0.2) is 0 Å². The van der Waals surface area contributed by atoms with E-state index in [2.05, 4.69) is 32.6 Å². The summed E-state index contributed by atoms with van der Waals surface area (Å²) in [6, 6.07) is 8.20. The molecule has 0 aliphatic rings. The largest absolute Gasteiger partial charge is 0.494 e. The van der Waals surface area contributed by atoms with Crippen LogP contribution in [0.5, 0.6) is 5.75 Å². The highest BCUT2D eigenvalue weighted by Gasteiger charge is 1.97. The lowest BCUT2D eigenvalue weighted by Crippen LogP contribution is -2.15. The quantitative estimate of drug-likeness (QED) is 0.712. The van der Waals surface area contributed by atoms with Crippen molar-refractivity contribution in [3.05, 3.63) is 42.0 Å². The number of hydrogen-bond donors (Lipinski definition) is 2. The molecule has 0 aliphatic carbocycles. The molecule has 2 aromatic rings. The van der Waals surface area contributed by atoms with Crippen molar-refractivity contribution in [2.75, 3.05) is 13.2 Å². The summed E-state index contributed by atoms with van der Waals surface area (Å²) in [4.78, 5) is 4.09. The zero-order valence-electron chi connectivity index (χ0n) is 11.2. The predicted molar refractivity (Wildman–Crippen MR) is 74.0 cm³/mol. The van der Waals surface area contributed by atoms with Gasteiger partial charge in [-0.1, -0.05) is 12.1 Å². The molecule has 5 heteroatoms. The van der Waals surface area contributed by atoms with Gasteiger partial charge < -0.3 is 10.1 Å². The maximum atomic E-state index is 5.41. The summed E-state index contributed by atoms with van der Waals surface area (Å²) < 4.78 is 5.41. The van der Waals surface area contributed by atoms with Gasteiger partial charge >= 0.3 is 0 Å². The second kappa shape index (κ2) is 7.53. The Kier molecular flexibility index (Phi) is 5.37. The lowest BCUT2D eigenvalue weighted by molar-refractivity contribution is 0.340. The van der Waals surface area contributed by atoms with Crippen molar-refractivity contribution in [3.8, 4) is 5.75 Å². The second-order valence-corrected chi connectivity index (χ2v) is 4.29. The molecule has 0 saturated carbocycles. The first kappa shape index (κ1) is 13.5. The first-order valence-electron chi connectivity index (χ1n) is 6.65. The first-order chi connectivity index (χ1) is 9.38. The zero-order chi connectivity index (χ0) is 13.3. The van der Waals surface area contributed by atoms with Crippen LogP contribution in [0.4, 0.5) is 0 Å². The summed E-state index contributed by atoms with van der Waals surface area (Å²) in [7, 11) is 0. The monoisotopic (exact) mass is 260 g/mol. The Bertz CT molecular complexity index is 453. The number of rotatable bonds is 8. The van der Waals surface area contributed by atoms with Gasteiger partial charge in [-0.25, -0.2) is 4.98 Å². The Morgan fingerprint density at radius 1 is 1.26 bits per heavy atom. The molecule has 0 aliphatic heterocycles. The third-order valence-electron chi connectivity index (χ3n) is 2.80. The first-order valence-corrected chi connectivity index (χ1v) is 6.65. The van der Waals surface area contributed by atoms with E-state index in [1.807, 2.05) is 19.1 Å². The van der Waals surface area contributed by atoms with Crippen LogP contribution in [0.15, 0.2) is 30.6 Å². The molecule has 0 bridgehead atoms. The third kappa shape index (κ3) is 4.71. The highest BCUT2D eigenvalue weighted by Crippen LogP contribution is 2.11. The number of ether oxygens (including phenoxy) is 1. The Morgan fingerprint density at radius 3 is 2.79 bits per heavy atom. The normalized spacial score (nSPS) is 10.6. The molecule has 1 aromatic heterocycles. The highest BCUT2D eigenvalue weighted by atomic mass is 16.5. The van der Waals surface area contributed by atoms with E-state index in [4.69, 9.17) is 4.74 Å². The Balaban J connectivity index is 1.62. The molecule has 0 saturated heterocycles. The van der Waals surface area contributed by atoms with Crippen molar-refractivity contribution >= 4 is 0 Å². The lowest BCUT2D eigenvalue weighted by Gasteiger charge is -2.06. The van der Waals surface area contributed by atoms with Gasteiger partial charge in [-0.3, -0.25) is 5.10 Å². The number of nitrogens with zero attached hydrogens (tertiary/aromatic N) is 2. The Hall–Kier alpha value is -1.88. The van der Waals surface area contributed by atoms with Gasteiger partial charge in [0.25, 0.3) is 0 Å². The van der Waals surface area contributed by atoms with Crippen LogP contribution in [-0.4, -0.2) is 28.3 Å². The van der Waals surface area contributed by atoms with Crippen LogP contribution < -0.4 is 10.1 Å². The van der Waals surface area contributed by atoms with E-state index in [1.54, 1.807) is 6.33 Å². The van der Waals surface area contributed by atoms with Crippen LogP contribution in [0.1, 0.15) is 24.7 Å². The van der Waals surface area contributed by atoms with E-state index in [9.17, 15) is 0 Å². The number of hydrogen-bond acceptors (Lipinski definition) is 4. The minimum absolute atomic E-state index is 0.708. The molecular formula is C14H20N4O. The van der Waals surface area contributed by atoms with Crippen LogP contribution in [0.2, 0.25) is 0 Å². The van der Waals surface area contributed by atoms with Crippen molar-refractivity contribution < 1.29 is 4.74 Å². The molecule has 0 amide bonds. The summed E-state index contributed by atoms with van der Waals surface area (Å²) in [5.74, 6) is 1.87. The molecule has 1 aromatic carbocycles. The van der Waals surface area contributed by atoms with Crippen LogP contribution in [0.25, 0.3) is 0 Å². The number of benzene rings is 1. The number of nitrogens with one attached hydrogen (secondary N) is 2. The predicted octanol–water partition coefficient (Wildman–Crippen LogP) is 1.93. The van der Waals surface area contributed by atoms with Crippen molar-refractivity contribution in [3.63, 3.8) is 0 Å². The zero-order valence-corrected chi connectivity index (χ0v) is 11.2. The van der Waals surface area contributed by atoms with Crippen LogP contribution >= 0.6 is 0 Å². The molecule has 2 N–H and O–H groups in total. The average molecular weight is 260 g/mol. The van der Waals surface area contributed by atoms with Crippen LogP contribution in [0, 0.1) is 0 Å². The topological polar surface area (TPSA) is 62.8 Å². The molecule has 0 fully saturated rings. The molecular weight excluding hydrogens is 240 g/mol. The van der Waals surface area contributed by atoms with E-state index in [0.717, 1.165) is 37.5 Å². The fraction of sp³-hybridized carbons (Fsp3) is 0.429.